The lowest BCUT2D eigenvalue weighted by Crippen LogP contribution is -1.96. The SMILES string of the molecule is C#CCCOc1ccc(Cl)c(CC)c1. The standard InChI is InChI=1S/C12H13ClO/c1-3-5-8-14-11-6-7-12(13)10(4-2)9-11/h1,6-7,9H,4-5,8H2,2H3. The Balaban J connectivity index is 2.65. The summed E-state index contributed by atoms with van der Waals surface area (Å²) in [6.45, 7) is 2.62. The molecule has 0 bridgehead atoms. The smallest absolute Gasteiger partial charge is 0.119 e. The predicted octanol–water partition coefficient (Wildman–Crippen LogP) is 3.30. The predicted molar refractivity (Wildman–Crippen MR) is 59.8 cm³/mol. The quantitative estimate of drug-likeness (QED) is 0.545. The van der Waals surface area contributed by atoms with Gasteiger partial charge >= 0.3 is 0 Å². The topological polar surface area (TPSA) is 9.23 Å². The van der Waals surface area contributed by atoms with Crippen LogP contribution in [-0.4, -0.2) is 6.61 Å². The third-order valence-corrected chi connectivity index (χ3v) is 2.28. The number of halogens is 1. The minimum absolute atomic E-state index is 0.557. The van der Waals surface area contributed by atoms with E-state index in [0.717, 1.165) is 22.8 Å². The first-order valence-corrected chi connectivity index (χ1v) is 5.00. The molecule has 0 saturated heterocycles. The van der Waals surface area contributed by atoms with Crippen molar-refractivity contribution in [3.8, 4) is 18.1 Å². The van der Waals surface area contributed by atoms with Gasteiger partial charge in [0.1, 0.15) is 5.75 Å². The van der Waals surface area contributed by atoms with Gasteiger partial charge in [-0.25, -0.2) is 0 Å². The van der Waals surface area contributed by atoms with E-state index in [4.69, 9.17) is 22.8 Å². The van der Waals surface area contributed by atoms with E-state index < -0.39 is 0 Å². The molecule has 1 aromatic rings. The van der Waals surface area contributed by atoms with Gasteiger partial charge in [0.25, 0.3) is 0 Å². The highest BCUT2D eigenvalue weighted by atomic mass is 35.5. The molecule has 14 heavy (non-hydrogen) atoms. The van der Waals surface area contributed by atoms with Crippen molar-refractivity contribution in [3.05, 3.63) is 28.8 Å². The minimum atomic E-state index is 0.557. The summed E-state index contributed by atoms with van der Waals surface area (Å²) in [5.41, 5.74) is 1.10. The van der Waals surface area contributed by atoms with Gasteiger partial charge in [0.15, 0.2) is 0 Å². The molecule has 0 saturated carbocycles. The van der Waals surface area contributed by atoms with Crippen molar-refractivity contribution in [1.82, 2.24) is 0 Å². The monoisotopic (exact) mass is 208 g/mol. The summed E-state index contributed by atoms with van der Waals surface area (Å²) in [6.07, 6.45) is 6.66. The number of terminal acetylenes is 1. The molecule has 0 aromatic heterocycles. The van der Waals surface area contributed by atoms with E-state index in [1.54, 1.807) is 0 Å². The maximum Gasteiger partial charge on any atom is 0.119 e. The Morgan fingerprint density at radius 2 is 2.29 bits per heavy atom. The summed E-state index contributed by atoms with van der Waals surface area (Å²) in [5, 5.41) is 0.789. The molecule has 1 nitrogen and oxygen atoms in total. The van der Waals surface area contributed by atoms with Crippen LogP contribution in [-0.2, 0) is 6.42 Å². The Hall–Kier alpha value is -1.13. The third kappa shape index (κ3) is 2.97. The van der Waals surface area contributed by atoms with Crippen LogP contribution in [0.5, 0.6) is 5.75 Å². The highest BCUT2D eigenvalue weighted by Crippen LogP contribution is 2.22. The molecule has 0 fully saturated rings. The third-order valence-electron chi connectivity index (χ3n) is 1.91. The minimum Gasteiger partial charge on any atom is -0.493 e. The van der Waals surface area contributed by atoms with E-state index in [2.05, 4.69) is 12.8 Å². The molecule has 0 atom stereocenters. The summed E-state index contributed by atoms with van der Waals surface area (Å²) >= 11 is 5.97. The number of rotatable bonds is 4. The van der Waals surface area contributed by atoms with Crippen molar-refractivity contribution < 1.29 is 4.74 Å². The number of hydrogen-bond acceptors (Lipinski definition) is 1. The number of hydrogen-bond donors (Lipinski definition) is 0. The summed E-state index contributed by atoms with van der Waals surface area (Å²) < 4.78 is 5.44. The first-order chi connectivity index (χ1) is 6.77. The van der Waals surface area contributed by atoms with Gasteiger partial charge in [0.05, 0.1) is 6.61 Å². The molecule has 0 heterocycles. The van der Waals surface area contributed by atoms with E-state index in [1.807, 2.05) is 18.2 Å². The maximum absolute atomic E-state index is 5.97. The van der Waals surface area contributed by atoms with Gasteiger partial charge in [0.2, 0.25) is 0 Å². The Kier molecular flexibility index (Phi) is 4.35. The van der Waals surface area contributed by atoms with E-state index in [9.17, 15) is 0 Å². The second kappa shape index (κ2) is 5.57. The van der Waals surface area contributed by atoms with Crippen molar-refractivity contribution in [2.75, 3.05) is 6.61 Å². The summed E-state index contributed by atoms with van der Waals surface area (Å²) in [5.74, 6) is 3.36. The zero-order valence-electron chi connectivity index (χ0n) is 8.22. The lowest BCUT2D eigenvalue weighted by Gasteiger charge is -2.06. The zero-order chi connectivity index (χ0) is 10.4. The molecular formula is C12H13ClO. The van der Waals surface area contributed by atoms with E-state index in [1.165, 1.54) is 0 Å². The molecule has 0 spiro atoms. The van der Waals surface area contributed by atoms with E-state index in [-0.39, 0.29) is 0 Å². The molecule has 1 rings (SSSR count). The van der Waals surface area contributed by atoms with Gasteiger partial charge in [-0.05, 0) is 30.2 Å². The van der Waals surface area contributed by atoms with Crippen molar-refractivity contribution in [2.45, 2.75) is 19.8 Å². The fourth-order valence-electron chi connectivity index (χ4n) is 1.14. The van der Waals surface area contributed by atoms with E-state index in [0.29, 0.717) is 13.0 Å². The van der Waals surface area contributed by atoms with Gasteiger partial charge in [-0.1, -0.05) is 18.5 Å². The largest absolute Gasteiger partial charge is 0.493 e. The van der Waals surface area contributed by atoms with Gasteiger partial charge < -0.3 is 4.74 Å². The van der Waals surface area contributed by atoms with Gasteiger partial charge in [0, 0.05) is 11.4 Å². The second-order valence-electron chi connectivity index (χ2n) is 2.91. The molecule has 0 aliphatic carbocycles. The molecule has 74 valence electrons. The van der Waals surface area contributed by atoms with Crippen molar-refractivity contribution in [1.29, 1.82) is 0 Å². The highest BCUT2D eigenvalue weighted by molar-refractivity contribution is 6.31. The summed E-state index contributed by atoms with van der Waals surface area (Å²) in [7, 11) is 0. The molecule has 1 aromatic carbocycles. The van der Waals surface area contributed by atoms with Crippen molar-refractivity contribution in [2.24, 2.45) is 0 Å². The highest BCUT2D eigenvalue weighted by Gasteiger charge is 2.00. The van der Waals surface area contributed by atoms with Gasteiger partial charge in [-0.15, -0.1) is 12.3 Å². The zero-order valence-corrected chi connectivity index (χ0v) is 8.97. The van der Waals surface area contributed by atoms with Crippen LogP contribution in [0.3, 0.4) is 0 Å². The van der Waals surface area contributed by atoms with E-state index >= 15 is 0 Å². The first-order valence-electron chi connectivity index (χ1n) is 4.62. The van der Waals surface area contributed by atoms with Crippen LogP contribution in [0.25, 0.3) is 0 Å². The molecule has 0 N–H and O–H groups in total. The summed E-state index contributed by atoms with van der Waals surface area (Å²) in [4.78, 5) is 0. The number of benzene rings is 1. The average molecular weight is 209 g/mol. The van der Waals surface area contributed by atoms with Crippen LogP contribution in [0.1, 0.15) is 18.9 Å². The Morgan fingerprint density at radius 1 is 1.50 bits per heavy atom. The van der Waals surface area contributed by atoms with Crippen LogP contribution in [0.15, 0.2) is 18.2 Å². The van der Waals surface area contributed by atoms with Crippen LogP contribution < -0.4 is 4.74 Å². The molecule has 0 unspecified atom stereocenters. The normalized spacial score (nSPS) is 9.50. The summed E-state index contributed by atoms with van der Waals surface area (Å²) in [6, 6.07) is 5.67. The number of ether oxygens (including phenoxy) is 1. The lowest BCUT2D eigenvalue weighted by atomic mass is 10.1. The first kappa shape index (κ1) is 10.9. The maximum atomic E-state index is 5.97. The fourth-order valence-corrected chi connectivity index (χ4v) is 1.39. The second-order valence-corrected chi connectivity index (χ2v) is 3.32. The molecular weight excluding hydrogens is 196 g/mol. The van der Waals surface area contributed by atoms with Crippen molar-refractivity contribution in [3.63, 3.8) is 0 Å². The Labute approximate surface area is 90.0 Å². The van der Waals surface area contributed by atoms with Crippen LogP contribution in [0.4, 0.5) is 0 Å². The fraction of sp³-hybridized carbons (Fsp3) is 0.333. The molecule has 0 amide bonds. The van der Waals surface area contributed by atoms with Gasteiger partial charge in [-0.2, -0.15) is 0 Å². The molecule has 0 radical (unpaired) electrons. The molecule has 2 heteroatoms. The average Bonchev–Trinajstić information content (AvgIpc) is 2.21. The van der Waals surface area contributed by atoms with Crippen LogP contribution in [0, 0.1) is 12.3 Å². The van der Waals surface area contributed by atoms with Crippen LogP contribution >= 0.6 is 11.6 Å². The van der Waals surface area contributed by atoms with Crippen molar-refractivity contribution >= 4 is 11.6 Å². The number of aryl methyl sites for hydroxylation is 1. The molecule has 0 aliphatic heterocycles. The van der Waals surface area contributed by atoms with Crippen LogP contribution in [0.2, 0.25) is 5.02 Å². The lowest BCUT2D eigenvalue weighted by molar-refractivity contribution is 0.327. The molecule has 0 aliphatic rings. The Morgan fingerprint density at radius 3 is 2.93 bits per heavy atom. The van der Waals surface area contributed by atoms with Gasteiger partial charge in [-0.3, -0.25) is 0 Å². The Bertz CT molecular complexity index is 339.